The molecule has 2 saturated carbocycles. The number of nitrogens with zero attached hydrogens (tertiary/aromatic N) is 5. The number of hydrogen-bond acceptors (Lipinski definition) is 6. The minimum atomic E-state index is 0.00141. The number of anilines is 1. The van der Waals surface area contributed by atoms with Crippen molar-refractivity contribution in [1.29, 1.82) is 0 Å². The molecule has 0 spiro atoms. The molecule has 4 rings (SSSR count). The summed E-state index contributed by atoms with van der Waals surface area (Å²) in [6.45, 7) is 1.90. The van der Waals surface area contributed by atoms with Crippen LogP contribution in [0.5, 0.6) is 0 Å². The third kappa shape index (κ3) is 5.63. The van der Waals surface area contributed by atoms with E-state index in [0.29, 0.717) is 11.7 Å². The highest BCUT2D eigenvalue weighted by molar-refractivity contribution is 5.96. The Kier molecular flexibility index (Phi) is 6.72. The summed E-state index contributed by atoms with van der Waals surface area (Å²) in [4.78, 5) is 30.8. The van der Waals surface area contributed by atoms with E-state index in [9.17, 15) is 4.79 Å². The van der Waals surface area contributed by atoms with E-state index < -0.39 is 0 Å². The Labute approximate surface area is 179 Å². The van der Waals surface area contributed by atoms with Gasteiger partial charge in [-0.25, -0.2) is 9.97 Å². The Morgan fingerprint density at radius 1 is 1.03 bits per heavy atom. The highest BCUT2D eigenvalue weighted by atomic mass is 16.1. The highest BCUT2D eigenvalue weighted by Crippen LogP contribution is 2.34. The second-order valence-corrected chi connectivity index (χ2v) is 9.14. The van der Waals surface area contributed by atoms with Crippen molar-refractivity contribution in [3.8, 4) is 0 Å². The van der Waals surface area contributed by atoms with Crippen LogP contribution in [0.1, 0.15) is 66.7 Å². The van der Waals surface area contributed by atoms with Gasteiger partial charge in [0.15, 0.2) is 5.78 Å². The molecule has 0 aliphatic heterocycles. The Balaban J connectivity index is 1.46. The maximum Gasteiger partial charge on any atom is 0.187 e. The van der Waals surface area contributed by atoms with Crippen LogP contribution >= 0.6 is 0 Å². The van der Waals surface area contributed by atoms with Gasteiger partial charge in [0.05, 0.1) is 6.42 Å². The molecule has 0 N–H and O–H groups in total. The maximum atomic E-state index is 12.9. The van der Waals surface area contributed by atoms with Gasteiger partial charge in [0.1, 0.15) is 17.8 Å². The Morgan fingerprint density at radius 2 is 1.83 bits per heavy atom. The van der Waals surface area contributed by atoms with Gasteiger partial charge in [0.25, 0.3) is 0 Å². The molecule has 2 fully saturated rings. The highest BCUT2D eigenvalue weighted by Gasteiger charge is 2.30. The van der Waals surface area contributed by atoms with Crippen LogP contribution in [-0.2, 0) is 13.0 Å². The summed E-state index contributed by atoms with van der Waals surface area (Å²) in [6.07, 6.45) is 12.7. The first-order valence-corrected chi connectivity index (χ1v) is 11.3. The molecule has 0 bridgehead atoms. The van der Waals surface area contributed by atoms with Crippen LogP contribution in [0, 0.1) is 5.92 Å². The summed E-state index contributed by atoms with van der Waals surface area (Å²) < 4.78 is 0. The zero-order chi connectivity index (χ0) is 20.9. The lowest BCUT2D eigenvalue weighted by molar-refractivity contribution is 0.0987. The zero-order valence-electron chi connectivity index (χ0n) is 18.3. The minimum Gasteiger partial charge on any atom is -0.353 e. The van der Waals surface area contributed by atoms with E-state index in [1.54, 1.807) is 6.33 Å². The SMILES string of the molecule is CN(C)Cc1ccc(CC(=O)c2cc(N(CC3CC3)C3CCCCC3)ncn2)nc1. The van der Waals surface area contributed by atoms with Crippen LogP contribution in [0.3, 0.4) is 0 Å². The Hall–Kier alpha value is -2.34. The number of hydrogen-bond donors (Lipinski definition) is 0. The first-order chi connectivity index (χ1) is 14.6. The van der Waals surface area contributed by atoms with E-state index in [-0.39, 0.29) is 12.2 Å². The fourth-order valence-electron chi connectivity index (χ4n) is 4.33. The van der Waals surface area contributed by atoms with Crippen molar-refractivity contribution in [2.75, 3.05) is 25.5 Å². The molecular weight excluding hydrogens is 374 g/mol. The lowest BCUT2D eigenvalue weighted by atomic mass is 9.94. The van der Waals surface area contributed by atoms with E-state index in [2.05, 4.69) is 24.8 Å². The van der Waals surface area contributed by atoms with Gasteiger partial charge in [-0.2, -0.15) is 0 Å². The van der Waals surface area contributed by atoms with E-state index >= 15 is 0 Å². The largest absolute Gasteiger partial charge is 0.353 e. The minimum absolute atomic E-state index is 0.00141. The summed E-state index contributed by atoms with van der Waals surface area (Å²) in [5.74, 6) is 1.70. The smallest absolute Gasteiger partial charge is 0.187 e. The standard InChI is InChI=1S/C24H33N5O/c1-28(2)15-19-10-11-20(25-14-19)12-23(30)22-13-24(27-17-26-22)29(16-18-8-9-18)21-6-4-3-5-7-21/h10-11,13-14,17-18,21H,3-9,12,15-16H2,1-2H3. The molecule has 2 heterocycles. The quantitative estimate of drug-likeness (QED) is 0.588. The van der Waals surface area contributed by atoms with Gasteiger partial charge >= 0.3 is 0 Å². The van der Waals surface area contributed by atoms with E-state index in [1.807, 2.05) is 38.5 Å². The van der Waals surface area contributed by atoms with Crippen LogP contribution in [0.2, 0.25) is 0 Å². The van der Waals surface area contributed by atoms with Crippen LogP contribution in [0.25, 0.3) is 0 Å². The van der Waals surface area contributed by atoms with E-state index in [4.69, 9.17) is 0 Å². The summed E-state index contributed by atoms with van der Waals surface area (Å²) in [5.41, 5.74) is 2.42. The molecule has 0 radical (unpaired) electrons. The second-order valence-electron chi connectivity index (χ2n) is 9.14. The van der Waals surface area contributed by atoms with Crippen molar-refractivity contribution in [3.05, 3.63) is 47.7 Å². The molecule has 2 aliphatic carbocycles. The number of rotatable bonds is 9. The van der Waals surface area contributed by atoms with E-state index in [0.717, 1.165) is 36.1 Å². The Morgan fingerprint density at radius 3 is 2.50 bits per heavy atom. The third-order valence-corrected chi connectivity index (χ3v) is 6.13. The molecular formula is C24H33N5O. The number of pyridine rings is 1. The molecule has 2 aromatic rings. The van der Waals surface area contributed by atoms with Gasteiger partial charge in [0.2, 0.25) is 0 Å². The van der Waals surface area contributed by atoms with Crippen LogP contribution in [-0.4, -0.2) is 52.3 Å². The first-order valence-electron chi connectivity index (χ1n) is 11.3. The monoisotopic (exact) mass is 407 g/mol. The van der Waals surface area contributed by atoms with E-state index in [1.165, 1.54) is 44.9 Å². The number of Topliss-reactive ketones (excluding diaryl/α,β-unsaturated/α-hetero) is 1. The van der Waals surface area contributed by atoms with Crippen molar-refractivity contribution in [2.24, 2.45) is 5.92 Å². The molecule has 6 heteroatoms. The lowest BCUT2D eigenvalue weighted by Gasteiger charge is -2.35. The number of carbonyl (C=O) groups excluding carboxylic acids is 1. The average molecular weight is 408 g/mol. The molecule has 2 aromatic heterocycles. The van der Waals surface area contributed by atoms with Gasteiger partial charge in [0, 0.05) is 37.1 Å². The zero-order valence-corrected chi connectivity index (χ0v) is 18.3. The molecule has 0 amide bonds. The summed E-state index contributed by atoms with van der Waals surface area (Å²) in [5, 5.41) is 0. The number of carbonyl (C=O) groups is 1. The van der Waals surface area contributed by atoms with Gasteiger partial charge in [-0.1, -0.05) is 25.3 Å². The molecule has 0 saturated heterocycles. The van der Waals surface area contributed by atoms with Gasteiger partial charge in [-0.15, -0.1) is 0 Å². The van der Waals surface area contributed by atoms with Crippen LogP contribution < -0.4 is 4.90 Å². The fraction of sp³-hybridized carbons (Fsp3) is 0.583. The summed E-state index contributed by atoms with van der Waals surface area (Å²) in [7, 11) is 4.06. The summed E-state index contributed by atoms with van der Waals surface area (Å²) in [6, 6.07) is 6.43. The molecule has 160 valence electrons. The van der Waals surface area contributed by atoms with Gasteiger partial charge < -0.3 is 9.80 Å². The van der Waals surface area contributed by atoms with Gasteiger partial charge in [-0.3, -0.25) is 9.78 Å². The van der Waals surface area contributed by atoms with Crippen molar-refractivity contribution >= 4 is 11.6 Å². The summed E-state index contributed by atoms with van der Waals surface area (Å²) >= 11 is 0. The third-order valence-electron chi connectivity index (χ3n) is 6.13. The topological polar surface area (TPSA) is 62.2 Å². The predicted molar refractivity (Wildman–Crippen MR) is 119 cm³/mol. The average Bonchev–Trinajstić information content (AvgIpc) is 3.58. The molecule has 30 heavy (non-hydrogen) atoms. The molecule has 6 nitrogen and oxygen atoms in total. The van der Waals surface area contributed by atoms with Gasteiger partial charge in [-0.05, 0) is 57.3 Å². The van der Waals surface area contributed by atoms with Crippen LogP contribution in [0.15, 0.2) is 30.7 Å². The van der Waals surface area contributed by atoms with Crippen molar-refractivity contribution in [2.45, 2.75) is 64.0 Å². The molecule has 0 unspecified atom stereocenters. The number of ketones is 1. The fourth-order valence-corrected chi connectivity index (χ4v) is 4.33. The van der Waals surface area contributed by atoms with Crippen molar-refractivity contribution in [3.63, 3.8) is 0 Å². The van der Waals surface area contributed by atoms with Crippen LogP contribution in [0.4, 0.5) is 5.82 Å². The molecule has 0 atom stereocenters. The van der Waals surface area contributed by atoms with Crippen molar-refractivity contribution < 1.29 is 4.79 Å². The maximum absolute atomic E-state index is 12.9. The van der Waals surface area contributed by atoms with Crippen molar-refractivity contribution in [1.82, 2.24) is 19.9 Å². The second kappa shape index (κ2) is 9.65. The predicted octanol–water partition coefficient (Wildman–Crippen LogP) is 3.91. The Bertz CT molecular complexity index is 841. The number of aromatic nitrogens is 3. The molecule has 0 aromatic carbocycles. The normalized spacial score (nSPS) is 17.3. The lowest BCUT2D eigenvalue weighted by Crippen LogP contribution is -2.39. The first kappa shape index (κ1) is 20.9. The molecule has 2 aliphatic rings.